The molecule has 0 aliphatic heterocycles. The molecule has 4 rings (SSSR count). The molecule has 1 fully saturated rings. The van der Waals surface area contributed by atoms with Crippen LogP contribution in [-0.4, -0.2) is 52.4 Å². The number of aromatic nitrogens is 4. The minimum absolute atomic E-state index is 0.0568. The van der Waals surface area contributed by atoms with Crippen LogP contribution in [0.4, 0.5) is 24.9 Å². The standard InChI is InChI=1S/C23H28F3N7O2S/c1-13-11-18(17-7-8-20(29-14(17)2)33-36(34,35)10-9-23(24,25)26)31-19-12-28-22(32-21(13)19)30-16-5-3-15(27)4-6-16/h7-8,11-12,15-16H,3-6,9-10,27H2,1-2H3,(H,29,33)(H,28,30,32)/t15-,16-. The molecule has 1 saturated carbocycles. The molecule has 0 aromatic carbocycles. The van der Waals surface area contributed by atoms with E-state index < -0.39 is 28.4 Å². The minimum Gasteiger partial charge on any atom is -0.351 e. The van der Waals surface area contributed by atoms with Gasteiger partial charge in [-0.1, -0.05) is 0 Å². The highest BCUT2D eigenvalue weighted by molar-refractivity contribution is 7.92. The number of nitrogens with two attached hydrogens (primary N) is 1. The molecule has 36 heavy (non-hydrogen) atoms. The van der Waals surface area contributed by atoms with Crippen molar-refractivity contribution in [2.45, 2.75) is 64.2 Å². The molecule has 4 N–H and O–H groups in total. The maximum atomic E-state index is 12.4. The summed E-state index contributed by atoms with van der Waals surface area (Å²) in [6, 6.07) is 5.42. The van der Waals surface area contributed by atoms with Gasteiger partial charge in [-0.3, -0.25) is 4.72 Å². The van der Waals surface area contributed by atoms with E-state index in [1.165, 1.54) is 6.07 Å². The van der Waals surface area contributed by atoms with Crippen LogP contribution in [0, 0.1) is 13.8 Å². The Labute approximate surface area is 207 Å². The molecule has 13 heteroatoms. The quantitative estimate of drug-likeness (QED) is 0.422. The summed E-state index contributed by atoms with van der Waals surface area (Å²) < 4.78 is 63.2. The summed E-state index contributed by atoms with van der Waals surface area (Å²) in [4.78, 5) is 17.9. The number of rotatable bonds is 7. The Balaban J connectivity index is 1.52. The van der Waals surface area contributed by atoms with Gasteiger partial charge in [0.15, 0.2) is 0 Å². The van der Waals surface area contributed by atoms with Crippen LogP contribution in [0.2, 0.25) is 0 Å². The average molecular weight is 524 g/mol. The number of hydrogen-bond acceptors (Lipinski definition) is 8. The van der Waals surface area contributed by atoms with E-state index in [-0.39, 0.29) is 17.9 Å². The Morgan fingerprint density at radius 2 is 1.81 bits per heavy atom. The first-order valence-electron chi connectivity index (χ1n) is 11.6. The largest absolute Gasteiger partial charge is 0.390 e. The van der Waals surface area contributed by atoms with Gasteiger partial charge in [0.25, 0.3) is 0 Å². The summed E-state index contributed by atoms with van der Waals surface area (Å²) in [5, 5.41) is 3.38. The van der Waals surface area contributed by atoms with Crippen molar-refractivity contribution in [2.75, 3.05) is 15.8 Å². The maximum absolute atomic E-state index is 12.4. The molecule has 3 aromatic rings. The fourth-order valence-electron chi connectivity index (χ4n) is 4.19. The fourth-order valence-corrected chi connectivity index (χ4v) is 5.22. The lowest BCUT2D eigenvalue weighted by Crippen LogP contribution is -2.33. The summed E-state index contributed by atoms with van der Waals surface area (Å²) >= 11 is 0. The second-order valence-electron chi connectivity index (χ2n) is 9.12. The minimum atomic E-state index is -4.56. The first-order chi connectivity index (χ1) is 16.9. The van der Waals surface area contributed by atoms with Gasteiger partial charge < -0.3 is 11.1 Å². The van der Waals surface area contributed by atoms with Crippen molar-refractivity contribution in [3.63, 3.8) is 0 Å². The molecule has 0 saturated heterocycles. The topological polar surface area (TPSA) is 136 Å². The Morgan fingerprint density at radius 1 is 1.08 bits per heavy atom. The van der Waals surface area contributed by atoms with Crippen LogP contribution >= 0.6 is 0 Å². The van der Waals surface area contributed by atoms with Crippen molar-refractivity contribution >= 4 is 32.8 Å². The zero-order valence-electron chi connectivity index (χ0n) is 19.9. The number of alkyl halides is 3. The van der Waals surface area contributed by atoms with Crippen LogP contribution in [0.15, 0.2) is 24.4 Å². The normalized spacial score (nSPS) is 18.8. The van der Waals surface area contributed by atoms with E-state index in [4.69, 9.17) is 5.73 Å². The van der Waals surface area contributed by atoms with E-state index in [9.17, 15) is 21.6 Å². The van der Waals surface area contributed by atoms with E-state index in [1.54, 1.807) is 19.2 Å². The Kier molecular flexibility index (Phi) is 7.32. The molecule has 0 atom stereocenters. The summed E-state index contributed by atoms with van der Waals surface area (Å²) in [7, 11) is -4.19. The lowest BCUT2D eigenvalue weighted by molar-refractivity contribution is -0.129. The second-order valence-corrected chi connectivity index (χ2v) is 11.0. The van der Waals surface area contributed by atoms with Crippen molar-refractivity contribution in [1.82, 2.24) is 19.9 Å². The molecule has 1 aliphatic rings. The highest BCUT2D eigenvalue weighted by Crippen LogP contribution is 2.28. The monoisotopic (exact) mass is 523 g/mol. The number of sulfonamides is 1. The number of anilines is 2. The van der Waals surface area contributed by atoms with E-state index >= 15 is 0 Å². The lowest BCUT2D eigenvalue weighted by Gasteiger charge is -2.26. The molecule has 0 amide bonds. The summed E-state index contributed by atoms with van der Waals surface area (Å²) in [6.07, 6.45) is -0.465. The summed E-state index contributed by atoms with van der Waals surface area (Å²) in [5.74, 6) is -0.588. The third-order valence-corrected chi connectivity index (χ3v) is 7.38. The zero-order chi connectivity index (χ0) is 26.1. The number of hydrogen-bond donors (Lipinski definition) is 3. The third-order valence-electron chi connectivity index (χ3n) is 6.12. The highest BCUT2D eigenvalue weighted by Gasteiger charge is 2.30. The van der Waals surface area contributed by atoms with Gasteiger partial charge in [0.2, 0.25) is 16.0 Å². The van der Waals surface area contributed by atoms with Crippen molar-refractivity contribution in [1.29, 1.82) is 0 Å². The van der Waals surface area contributed by atoms with Crippen LogP contribution in [0.25, 0.3) is 22.3 Å². The number of nitrogens with one attached hydrogen (secondary N) is 2. The fraction of sp³-hybridized carbons (Fsp3) is 0.478. The average Bonchev–Trinajstić information content (AvgIpc) is 2.79. The molecule has 3 aromatic heterocycles. The van der Waals surface area contributed by atoms with Crippen LogP contribution in [-0.2, 0) is 10.0 Å². The number of aryl methyl sites for hydroxylation is 2. The Bertz CT molecular complexity index is 1360. The van der Waals surface area contributed by atoms with Gasteiger partial charge in [-0.2, -0.15) is 13.2 Å². The molecule has 194 valence electrons. The summed E-state index contributed by atoms with van der Waals surface area (Å²) in [6.45, 7) is 3.58. The van der Waals surface area contributed by atoms with Gasteiger partial charge in [0.05, 0.1) is 29.6 Å². The second kappa shape index (κ2) is 10.1. The van der Waals surface area contributed by atoms with Crippen molar-refractivity contribution in [3.05, 3.63) is 35.7 Å². The van der Waals surface area contributed by atoms with Gasteiger partial charge in [0, 0.05) is 23.3 Å². The van der Waals surface area contributed by atoms with E-state index in [0.717, 1.165) is 31.2 Å². The molecule has 0 unspecified atom stereocenters. The van der Waals surface area contributed by atoms with Gasteiger partial charge in [0.1, 0.15) is 11.3 Å². The molecule has 0 spiro atoms. The van der Waals surface area contributed by atoms with Gasteiger partial charge >= 0.3 is 6.18 Å². The molecule has 0 bridgehead atoms. The van der Waals surface area contributed by atoms with E-state index in [1.807, 2.05) is 13.0 Å². The zero-order valence-corrected chi connectivity index (χ0v) is 20.7. The Hall–Kier alpha value is -3.06. The number of nitrogens with zero attached hydrogens (tertiary/aromatic N) is 4. The smallest absolute Gasteiger partial charge is 0.351 e. The highest BCUT2D eigenvalue weighted by atomic mass is 32.2. The maximum Gasteiger partial charge on any atom is 0.390 e. The third kappa shape index (κ3) is 6.58. The SMILES string of the molecule is Cc1nc(NS(=O)(=O)CCC(F)(F)F)ccc1-c1cc(C)c2nc(N[C@H]3CC[C@H](N)CC3)ncc2n1. The predicted molar refractivity (Wildman–Crippen MR) is 132 cm³/mol. The predicted octanol–water partition coefficient (Wildman–Crippen LogP) is 4.08. The number of pyridine rings is 2. The molecule has 3 heterocycles. The first-order valence-corrected chi connectivity index (χ1v) is 13.3. The van der Waals surface area contributed by atoms with Crippen LogP contribution in [0.3, 0.4) is 0 Å². The first kappa shape index (κ1) is 26.0. The number of halogens is 3. The van der Waals surface area contributed by atoms with Crippen LogP contribution in [0.1, 0.15) is 43.4 Å². The molecule has 1 aliphatic carbocycles. The summed E-state index contributed by atoms with van der Waals surface area (Å²) in [5.41, 5.74) is 9.88. The molecular formula is C23H28F3N7O2S. The molecule has 0 radical (unpaired) electrons. The van der Waals surface area contributed by atoms with Gasteiger partial charge in [-0.05, 0) is 63.3 Å². The van der Waals surface area contributed by atoms with Gasteiger partial charge in [-0.25, -0.2) is 28.4 Å². The van der Waals surface area contributed by atoms with Crippen molar-refractivity contribution < 1.29 is 21.6 Å². The van der Waals surface area contributed by atoms with Crippen molar-refractivity contribution in [3.8, 4) is 11.3 Å². The lowest BCUT2D eigenvalue weighted by atomic mass is 9.92. The van der Waals surface area contributed by atoms with E-state index in [2.05, 4.69) is 30.0 Å². The number of fused-ring (bicyclic) bond motifs is 1. The van der Waals surface area contributed by atoms with Gasteiger partial charge in [-0.15, -0.1) is 0 Å². The van der Waals surface area contributed by atoms with Crippen molar-refractivity contribution in [2.24, 2.45) is 5.73 Å². The van der Waals surface area contributed by atoms with Crippen LogP contribution < -0.4 is 15.8 Å². The molecular weight excluding hydrogens is 495 g/mol. The Morgan fingerprint density at radius 3 is 2.47 bits per heavy atom. The molecule has 9 nitrogen and oxygen atoms in total. The van der Waals surface area contributed by atoms with E-state index in [0.29, 0.717) is 33.9 Å². The van der Waals surface area contributed by atoms with Crippen LogP contribution in [0.5, 0.6) is 0 Å².